The van der Waals surface area contributed by atoms with Crippen molar-refractivity contribution in [2.24, 2.45) is 0 Å². The van der Waals surface area contributed by atoms with Crippen molar-refractivity contribution in [3.8, 4) is 0 Å². The molecule has 2 amide bonds. The van der Waals surface area contributed by atoms with Crippen molar-refractivity contribution in [3.05, 3.63) is 35.6 Å². The van der Waals surface area contributed by atoms with Crippen molar-refractivity contribution < 1.29 is 13.7 Å². The number of nitrogens with one attached hydrogen (secondary N) is 1. The quantitative estimate of drug-likeness (QED) is 0.932. The summed E-state index contributed by atoms with van der Waals surface area (Å²) >= 11 is 0. The molecule has 1 aliphatic rings. The van der Waals surface area contributed by atoms with Gasteiger partial charge in [-0.15, -0.1) is 0 Å². The van der Waals surface area contributed by atoms with Crippen LogP contribution in [0.15, 0.2) is 27.3 Å². The van der Waals surface area contributed by atoms with Crippen molar-refractivity contribution in [2.45, 2.75) is 45.7 Å². The second kappa shape index (κ2) is 5.27. The highest BCUT2D eigenvalue weighted by atomic mass is 16.5. The molecule has 0 bridgehead atoms. The van der Waals surface area contributed by atoms with E-state index in [1.807, 2.05) is 30.9 Å². The number of carbonyl (C=O) groups is 1. The highest BCUT2D eigenvalue weighted by Gasteiger charge is 2.37. The van der Waals surface area contributed by atoms with Crippen molar-refractivity contribution in [1.29, 1.82) is 0 Å². The monoisotopic (exact) mass is 289 g/mol. The van der Waals surface area contributed by atoms with Crippen LogP contribution in [0.1, 0.15) is 43.0 Å². The normalized spacial score (nSPS) is 15.8. The number of carbonyl (C=O) groups excluding carboxylic acids is 1. The van der Waals surface area contributed by atoms with E-state index in [9.17, 15) is 4.79 Å². The smallest absolute Gasteiger partial charge is 0.322 e. The summed E-state index contributed by atoms with van der Waals surface area (Å²) in [6.45, 7) is 5.57. The molecule has 21 heavy (non-hydrogen) atoms. The predicted molar refractivity (Wildman–Crippen MR) is 77.0 cm³/mol. The molecule has 2 heterocycles. The van der Waals surface area contributed by atoms with E-state index in [0.29, 0.717) is 17.1 Å². The van der Waals surface area contributed by atoms with Crippen LogP contribution < -0.4 is 5.32 Å². The molecule has 6 heteroatoms. The van der Waals surface area contributed by atoms with Gasteiger partial charge in [0.25, 0.3) is 0 Å². The summed E-state index contributed by atoms with van der Waals surface area (Å²) < 4.78 is 10.5. The van der Waals surface area contributed by atoms with Crippen LogP contribution in [0.2, 0.25) is 0 Å². The SMILES string of the molecule is Cc1noc(C)c1NC(=O)N(C1CC1)[C@H](C)c1ccco1. The number of furan rings is 1. The van der Waals surface area contributed by atoms with E-state index in [1.54, 1.807) is 13.2 Å². The molecule has 2 aromatic rings. The van der Waals surface area contributed by atoms with E-state index in [0.717, 1.165) is 18.6 Å². The summed E-state index contributed by atoms with van der Waals surface area (Å²) in [5.41, 5.74) is 1.33. The topological polar surface area (TPSA) is 71.5 Å². The summed E-state index contributed by atoms with van der Waals surface area (Å²) in [5.74, 6) is 1.40. The summed E-state index contributed by atoms with van der Waals surface area (Å²) in [7, 11) is 0. The van der Waals surface area contributed by atoms with Crippen LogP contribution in [-0.2, 0) is 0 Å². The minimum Gasteiger partial charge on any atom is -0.467 e. The zero-order chi connectivity index (χ0) is 15.0. The average molecular weight is 289 g/mol. The zero-order valence-corrected chi connectivity index (χ0v) is 12.4. The molecule has 0 radical (unpaired) electrons. The lowest BCUT2D eigenvalue weighted by molar-refractivity contribution is 0.179. The van der Waals surface area contributed by atoms with E-state index >= 15 is 0 Å². The number of nitrogens with zero attached hydrogens (tertiary/aromatic N) is 2. The van der Waals surface area contributed by atoms with Crippen molar-refractivity contribution in [1.82, 2.24) is 10.1 Å². The third-order valence-corrected chi connectivity index (χ3v) is 3.81. The van der Waals surface area contributed by atoms with Gasteiger partial charge in [-0.05, 0) is 45.7 Å². The van der Waals surface area contributed by atoms with Gasteiger partial charge in [-0.1, -0.05) is 5.16 Å². The molecular weight excluding hydrogens is 270 g/mol. The van der Waals surface area contributed by atoms with Crippen LogP contribution in [0.4, 0.5) is 10.5 Å². The summed E-state index contributed by atoms with van der Waals surface area (Å²) in [5, 5.41) is 6.77. The van der Waals surface area contributed by atoms with E-state index in [2.05, 4.69) is 10.5 Å². The van der Waals surface area contributed by atoms with Crippen LogP contribution in [0.5, 0.6) is 0 Å². The van der Waals surface area contributed by atoms with Crippen LogP contribution >= 0.6 is 0 Å². The lowest BCUT2D eigenvalue weighted by Crippen LogP contribution is -2.38. The van der Waals surface area contributed by atoms with Crippen LogP contribution in [0.3, 0.4) is 0 Å². The zero-order valence-electron chi connectivity index (χ0n) is 12.4. The summed E-state index contributed by atoms with van der Waals surface area (Å²) in [6, 6.07) is 3.75. The fraction of sp³-hybridized carbons (Fsp3) is 0.467. The third-order valence-electron chi connectivity index (χ3n) is 3.81. The molecule has 0 unspecified atom stereocenters. The van der Waals surface area contributed by atoms with Crippen molar-refractivity contribution in [3.63, 3.8) is 0 Å². The summed E-state index contributed by atoms with van der Waals surface area (Å²) in [4.78, 5) is 14.5. The van der Waals surface area contributed by atoms with Gasteiger partial charge in [0.15, 0.2) is 5.76 Å². The number of hydrogen-bond acceptors (Lipinski definition) is 4. The van der Waals surface area contributed by atoms with Gasteiger partial charge in [0.1, 0.15) is 17.1 Å². The molecule has 1 N–H and O–H groups in total. The van der Waals surface area contributed by atoms with E-state index in [-0.39, 0.29) is 18.1 Å². The van der Waals surface area contributed by atoms with Crippen molar-refractivity contribution in [2.75, 3.05) is 5.32 Å². The number of anilines is 1. The first-order chi connectivity index (χ1) is 10.1. The molecular formula is C15H19N3O3. The van der Waals surface area contributed by atoms with Gasteiger partial charge in [-0.3, -0.25) is 0 Å². The van der Waals surface area contributed by atoms with E-state index < -0.39 is 0 Å². The molecule has 2 aromatic heterocycles. The minimum absolute atomic E-state index is 0.104. The average Bonchev–Trinajstić information content (AvgIpc) is 3.03. The maximum atomic E-state index is 12.6. The van der Waals surface area contributed by atoms with Gasteiger partial charge >= 0.3 is 6.03 Å². The van der Waals surface area contributed by atoms with E-state index in [4.69, 9.17) is 8.94 Å². The Labute approximate surface area is 123 Å². The number of rotatable bonds is 4. The van der Waals surface area contributed by atoms with Gasteiger partial charge in [0.2, 0.25) is 0 Å². The highest BCUT2D eigenvalue weighted by Crippen LogP contribution is 2.35. The standard InChI is InChI=1S/C15H19N3O3/c1-9-14(11(3)21-17-9)16-15(19)18(12-6-7-12)10(2)13-5-4-8-20-13/h4-5,8,10,12H,6-7H2,1-3H3,(H,16,19)/t10-/m1/s1. The molecule has 0 saturated heterocycles. The molecule has 0 aliphatic heterocycles. The fourth-order valence-corrected chi connectivity index (χ4v) is 2.51. The Kier molecular flexibility index (Phi) is 3.45. The highest BCUT2D eigenvalue weighted by molar-refractivity contribution is 5.91. The predicted octanol–water partition coefficient (Wildman–Crippen LogP) is 3.64. The second-order valence-corrected chi connectivity index (χ2v) is 5.46. The molecule has 0 aromatic carbocycles. The van der Waals surface area contributed by atoms with Gasteiger partial charge in [-0.25, -0.2) is 4.79 Å². The molecule has 1 fully saturated rings. The number of aromatic nitrogens is 1. The first-order valence-electron chi connectivity index (χ1n) is 7.13. The molecule has 1 aliphatic carbocycles. The van der Waals surface area contributed by atoms with Gasteiger partial charge < -0.3 is 19.2 Å². The maximum absolute atomic E-state index is 12.6. The lowest BCUT2D eigenvalue weighted by Gasteiger charge is -2.28. The van der Waals surface area contributed by atoms with Crippen LogP contribution in [0, 0.1) is 13.8 Å². The first-order valence-corrected chi connectivity index (χ1v) is 7.13. The molecule has 0 spiro atoms. The van der Waals surface area contributed by atoms with E-state index in [1.165, 1.54) is 0 Å². The maximum Gasteiger partial charge on any atom is 0.322 e. The summed E-state index contributed by atoms with van der Waals surface area (Å²) in [6.07, 6.45) is 3.68. The first kappa shape index (κ1) is 13.7. The Hall–Kier alpha value is -2.24. The second-order valence-electron chi connectivity index (χ2n) is 5.46. The molecule has 1 atom stereocenters. The fourth-order valence-electron chi connectivity index (χ4n) is 2.51. The van der Waals surface area contributed by atoms with Gasteiger partial charge in [0.05, 0.1) is 12.3 Å². The third kappa shape index (κ3) is 2.66. The number of urea groups is 1. The Balaban J connectivity index is 1.80. The van der Waals surface area contributed by atoms with Crippen LogP contribution in [0.25, 0.3) is 0 Å². The Morgan fingerprint density at radius 3 is 2.76 bits per heavy atom. The Morgan fingerprint density at radius 2 is 2.24 bits per heavy atom. The lowest BCUT2D eigenvalue weighted by atomic mass is 10.2. The molecule has 112 valence electrons. The number of aryl methyl sites for hydroxylation is 2. The molecule has 6 nitrogen and oxygen atoms in total. The largest absolute Gasteiger partial charge is 0.467 e. The minimum atomic E-state index is -0.143. The Bertz CT molecular complexity index is 609. The number of hydrogen-bond donors (Lipinski definition) is 1. The van der Waals surface area contributed by atoms with Crippen LogP contribution in [-0.4, -0.2) is 22.1 Å². The molecule has 3 rings (SSSR count). The molecule has 1 saturated carbocycles. The Morgan fingerprint density at radius 1 is 1.48 bits per heavy atom. The van der Waals surface area contributed by atoms with Gasteiger partial charge in [0, 0.05) is 6.04 Å². The van der Waals surface area contributed by atoms with Gasteiger partial charge in [-0.2, -0.15) is 0 Å². The number of amides is 2. The van der Waals surface area contributed by atoms with Crippen molar-refractivity contribution >= 4 is 11.7 Å².